The Balaban J connectivity index is 2.24. The molecule has 31 heavy (non-hydrogen) atoms. The summed E-state index contributed by atoms with van der Waals surface area (Å²) in [5.74, 6) is 2.19. The number of carbonyl (C=O) groups excluding carboxylic acids is 1. The van der Waals surface area contributed by atoms with E-state index < -0.39 is 4.75 Å². The molecule has 3 rings (SSSR count). The third-order valence-electron chi connectivity index (χ3n) is 5.12. The van der Waals surface area contributed by atoms with E-state index in [1.807, 2.05) is 72.8 Å². The van der Waals surface area contributed by atoms with E-state index in [1.165, 1.54) is 18.9 Å². The molecule has 0 radical (unpaired) electrons. The summed E-state index contributed by atoms with van der Waals surface area (Å²) in [4.78, 5) is 12.2. The van der Waals surface area contributed by atoms with Crippen molar-refractivity contribution < 1.29 is 23.7 Å². The normalized spacial score (nSPS) is 11.0. The maximum Gasteiger partial charge on any atom is 0.315 e. The smallest absolute Gasteiger partial charge is 0.315 e. The van der Waals surface area contributed by atoms with E-state index in [4.69, 9.17) is 18.9 Å². The third-order valence-corrected chi connectivity index (χ3v) is 6.64. The van der Waals surface area contributed by atoms with Crippen molar-refractivity contribution in [3.05, 3.63) is 89.5 Å². The van der Waals surface area contributed by atoms with Gasteiger partial charge in [-0.05, 0) is 53.1 Å². The highest BCUT2D eigenvalue weighted by molar-refractivity contribution is 8.01. The molecule has 0 aliphatic carbocycles. The van der Waals surface area contributed by atoms with Gasteiger partial charge in [0.05, 0.1) is 38.9 Å². The Kier molecular flexibility index (Phi) is 7.47. The van der Waals surface area contributed by atoms with E-state index in [0.29, 0.717) is 0 Å². The Morgan fingerprint density at radius 3 is 1.23 bits per heavy atom. The third kappa shape index (κ3) is 4.80. The molecule has 0 aliphatic heterocycles. The first kappa shape index (κ1) is 22.6. The minimum absolute atomic E-state index is 0.181. The lowest BCUT2D eigenvalue weighted by Gasteiger charge is -2.35. The second-order valence-corrected chi connectivity index (χ2v) is 7.92. The first-order valence-electron chi connectivity index (χ1n) is 9.71. The highest BCUT2D eigenvalue weighted by atomic mass is 32.2. The van der Waals surface area contributed by atoms with Gasteiger partial charge in [0.25, 0.3) is 0 Å². The largest absolute Gasteiger partial charge is 0.497 e. The number of thioether (sulfide) groups is 1. The molecule has 0 N–H and O–H groups in total. The Hall–Kier alpha value is -3.12. The Bertz CT molecular complexity index is 866. The fourth-order valence-corrected chi connectivity index (χ4v) is 4.81. The summed E-state index contributed by atoms with van der Waals surface area (Å²) in [6, 6.07) is 23.7. The average molecular weight is 439 g/mol. The molecule has 3 aromatic carbocycles. The van der Waals surface area contributed by atoms with Crippen LogP contribution in [0.2, 0.25) is 0 Å². The SMILES string of the molecule is COC(=O)CSC(c1ccc(OC)cc1)(c1ccc(OC)cc1)c1ccc(OC)cc1. The van der Waals surface area contributed by atoms with Crippen LogP contribution in [0.1, 0.15) is 16.7 Å². The van der Waals surface area contributed by atoms with Gasteiger partial charge < -0.3 is 18.9 Å². The number of ether oxygens (including phenoxy) is 4. The number of benzene rings is 3. The van der Waals surface area contributed by atoms with Crippen molar-refractivity contribution in [3.8, 4) is 17.2 Å². The molecule has 0 heterocycles. The summed E-state index contributed by atoms with van der Waals surface area (Å²) in [7, 11) is 6.32. The van der Waals surface area contributed by atoms with Crippen molar-refractivity contribution in [1.29, 1.82) is 0 Å². The molecule has 5 nitrogen and oxygen atoms in total. The number of hydrogen-bond acceptors (Lipinski definition) is 6. The fraction of sp³-hybridized carbons (Fsp3) is 0.240. The second-order valence-electron chi connectivity index (χ2n) is 6.73. The fourth-order valence-electron chi connectivity index (χ4n) is 3.45. The second kappa shape index (κ2) is 10.3. The van der Waals surface area contributed by atoms with Gasteiger partial charge in [0, 0.05) is 0 Å². The van der Waals surface area contributed by atoms with Crippen molar-refractivity contribution in [2.45, 2.75) is 4.75 Å². The van der Waals surface area contributed by atoms with Crippen LogP contribution in [0, 0.1) is 0 Å². The first-order valence-corrected chi connectivity index (χ1v) is 10.7. The van der Waals surface area contributed by atoms with Crippen molar-refractivity contribution in [3.63, 3.8) is 0 Å². The van der Waals surface area contributed by atoms with Crippen LogP contribution in [0.15, 0.2) is 72.8 Å². The zero-order chi connectivity index (χ0) is 22.3. The molecule has 0 spiro atoms. The molecule has 0 atom stereocenters. The first-order chi connectivity index (χ1) is 15.1. The summed E-state index contributed by atoms with van der Waals surface area (Å²) in [6.45, 7) is 0. The summed E-state index contributed by atoms with van der Waals surface area (Å²) in [6.07, 6.45) is 0. The topological polar surface area (TPSA) is 54.0 Å². The quantitative estimate of drug-likeness (QED) is 0.350. The lowest BCUT2D eigenvalue weighted by molar-refractivity contribution is -0.137. The highest BCUT2D eigenvalue weighted by Crippen LogP contribution is 2.49. The number of hydrogen-bond donors (Lipinski definition) is 0. The predicted molar refractivity (Wildman–Crippen MR) is 123 cm³/mol. The highest BCUT2D eigenvalue weighted by Gasteiger charge is 2.38. The van der Waals surface area contributed by atoms with Gasteiger partial charge in [0.1, 0.15) is 17.2 Å². The lowest BCUT2D eigenvalue weighted by atomic mass is 9.84. The molecule has 0 bridgehead atoms. The van der Waals surface area contributed by atoms with Gasteiger partial charge in [0.2, 0.25) is 0 Å². The van der Waals surface area contributed by atoms with E-state index in [1.54, 1.807) is 21.3 Å². The van der Waals surface area contributed by atoms with Crippen LogP contribution >= 0.6 is 11.8 Å². The van der Waals surface area contributed by atoms with Gasteiger partial charge in [-0.1, -0.05) is 36.4 Å². The van der Waals surface area contributed by atoms with Crippen molar-refractivity contribution in [2.24, 2.45) is 0 Å². The molecule has 0 aliphatic rings. The average Bonchev–Trinajstić information content (AvgIpc) is 2.85. The van der Waals surface area contributed by atoms with E-state index >= 15 is 0 Å². The van der Waals surface area contributed by atoms with E-state index in [9.17, 15) is 4.79 Å². The van der Waals surface area contributed by atoms with Crippen LogP contribution in [0.4, 0.5) is 0 Å². The summed E-state index contributed by atoms with van der Waals surface area (Å²) < 4.78 is 20.3. The molecule has 0 fully saturated rings. The van der Waals surface area contributed by atoms with Crippen LogP contribution in [0.5, 0.6) is 17.2 Å². The van der Waals surface area contributed by atoms with Gasteiger partial charge in [-0.25, -0.2) is 0 Å². The minimum Gasteiger partial charge on any atom is -0.497 e. The molecule has 162 valence electrons. The maximum atomic E-state index is 12.2. The van der Waals surface area contributed by atoms with Crippen LogP contribution in [-0.4, -0.2) is 40.2 Å². The minimum atomic E-state index is -0.668. The summed E-state index contributed by atoms with van der Waals surface area (Å²) in [5.41, 5.74) is 3.03. The van der Waals surface area contributed by atoms with Crippen molar-refractivity contribution in [2.75, 3.05) is 34.2 Å². The zero-order valence-corrected chi connectivity index (χ0v) is 18.9. The molecule has 0 amide bonds. The zero-order valence-electron chi connectivity index (χ0n) is 18.1. The molecule has 0 aromatic heterocycles. The monoisotopic (exact) mass is 438 g/mol. The van der Waals surface area contributed by atoms with Crippen LogP contribution < -0.4 is 14.2 Å². The Morgan fingerprint density at radius 1 is 0.645 bits per heavy atom. The summed E-state index contributed by atoms with van der Waals surface area (Å²) >= 11 is 1.50. The van der Waals surface area contributed by atoms with Gasteiger partial charge in [0.15, 0.2) is 0 Å². The molecule has 0 saturated carbocycles. The van der Waals surface area contributed by atoms with Crippen LogP contribution in [0.3, 0.4) is 0 Å². The van der Waals surface area contributed by atoms with Crippen LogP contribution in [0.25, 0.3) is 0 Å². The van der Waals surface area contributed by atoms with Crippen LogP contribution in [-0.2, 0) is 14.3 Å². The molecule has 6 heteroatoms. The Labute approximate surface area is 187 Å². The molecular formula is C25H26O5S. The van der Waals surface area contributed by atoms with E-state index in [0.717, 1.165) is 33.9 Å². The molecular weight excluding hydrogens is 412 g/mol. The number of carbonyl (C=O) groups is 1. The van der Waals surface area contributed by atoms with Gasteiger partial charge in [-0.3, -0.25) is 4.79 Å². The lowest BCUT2D eigenvalue weighted by Crippen LogP contribution is -2.27. The van der Waals surface area contributed by atoms with E-state index in [-0.39, 0.29) is 11.7 Å². The van der Waals surface area contributed by atoms with E-state index in [2.05, 4.69) is 0 Å². The van der Waals surface area contributed by atoms with Gasteiger partial charge >= 0.3 is 5.97 Å². The molecule has 3 aromatic rings. The molecule has 0 saturated heterocycles. The predicted octanol–water partition coefficient (Wildman–Crippen LogP) is 4.91. The van der Waals surface area contributed by atoms with Crippen molar-refractivity contribution in [1.82, 2.24) is 0 Å². The van der Waals surface area contributed by atoms with Crippen molar-refractivity contribution >= 4 is 17.7 Å². The number of rotatable bonds is 9. The van der Waals surface area contributed by atoms with Gasteiger partial charge in [-0.15, -0.1) is 11.8 Å². The van der Waals surface area contributed by atoms with Gasteiger partial charge in [-0.2, -0.15) is 0 Å². The Morgan fingerprint density at radius 2 is 0.968 bits per heavy atom. The number of esters is 1. The maximum absolute atomic E-state index is 12.2. The molecule has 0 unspecified atom stereocenters. The standard InChI is InChI=1S/C25H26O5S/c1-27-21-11-5-18(6-12-21)25(31-17-24(26)30-4,19-7-13-22(28-2)14-8-19)20-9-15-23(29-3)16-10-20/h5-16H,17H2,1-4H3. The number of methoxy groups -OCH3 is 4. The summed E-state index contributed by atoms with van der Waals surface area (Å²) in [5, 5.41) is 0.